The summed E-state index contributed by atoms with van der Waals surface area (Å²) in [4.78, 5) is 18.8. The van der Waals surface area contributed by atoms with Gasteiger partial charge in [-0.25, -0.2) is 0 Å². The molecule has 31 heavy (non-hydrogen) atoms. The number of nitrogen functional groups attached to an aromatic ring is 1. The lowest BCUT2D eigenvalue weighted by Gasteiger charge is -2.51. The van der Waals surface area contributed by atoms with Crippen LogP contribution in [0.25, 0.3) is 0 Å². The number of aromatic nitrogens is 1. The lowest BCUT2D eigenvalue weighted by atomic mass is 9.65. The molecular formula is C26H29N3O2. The Balaban J connectivity index is 1.84. The molecule has 2 aromatic carbocycles. The highest BCUT2D eigenvalue weighted by Gasteiger charge is 2.47. The number of amides is 1. The van der Waals surface area contributed by atoms with Gasteiger partial charge in [-0.2, -0.15) is 0 Å². The average Bonchev–Trinajstić information content (AvgIpc) is 2.73. The fraction of sp³-hybridized carbons (Fsp3) is 0.308. The molecule has 0 bridgehead atoms. The number of ether oxygens (including phenoxy) is 1. The van der Waals surface area contributed by atoms with Crippen LogP contribution in [0.15, 0.2) is 67.0 Å². The van der Waals surface area contributed by atoms with Gasteiger partial charge in [-0.1, -0.05) is 43.3 Å². The summed E-state index contributed by atoms with van der Waals surface area (Å²) in [6.07, 6.45) is 4.28. The molecule has 5 nitrogen and oxygen atoms in total. The fourth-order valence-corrected chi connectivity index (χ4v) is 5.01. The zero-order chi connectivity index (χ0) is 22.2. The molecule has 0 fully saturated rings. The first-order chi connectivity index (χ1) is 14.7. The van der Waals surface area contributed by atoms with Gasteiger partial charge in [-0.05, 0) is 43.5 Å². The summed E-state index contributed by atoms with van der Waals surface area (Å²) in [5.74, 6) is 0.575. The van der Waals surface area contributed by atoms with Crippen LogP contribution in [0.5, 0.6) is 5.75 Å². The van der Waals surface area contributed by atoms with E-state index in [4.69, 9.17) is 10.5 Å². The Morgan fingerprint density at radius 1 is 1.13 bits per heavy atom. The fourth-order valence-electron chi connectivity index (χ4n) is 5.01. The Morgan fingerprint density at radius 3 is 2.52 bits per heavy atom. The van der Waals surface area contributed by atoms with Gasteiger partial charge in [0.1, 0.15) is 12.4 Å². The molecule has 3 aromatic rings. The van der Waals surface area contributed by atoms with E-state index in [9.17, 15) is 4.79 Å². The van der Waals surface area contributed by atoms with Crippen molar-refractivity contribution in [1.82, 2.24) is 4.98 Å². The molecule has 0 radical (unpaired) electrons. The van der Waals surface area contributed by atoms with Crippen LogP contribution in [0.3, 0.4) is 0 Å². The molecule has 2 heterocycles. The van der Waals surface area contributed by atoms with Gasteiger partial charge in [0.15, 0.2) is 0 Å². The highest BCUT2D eigenvalue weighted by atomic mass is 16.5. The maximum Gasteiger partial charge on any atom is 0.224 e. The summed E-state index contributed by atoms with van der Waals surface area (Å²) < 4.78 is 6.06. The van der Waals surface area contributed by atoms with Crippen molar-refractivity contribution in [3.05, 3.63) is 83.7 Å². The standard InChI is InChI=1S/C26H29N3O2/c1-18(30)29-23-14-24(31-16-19-9-8-12-28-15-19)22(27)13-21(23)26(4,17-25(29,2)3)20-10-6-5-7-11-20/h5-15H,16-17,27H2,1-4H3. The Kier molecular flexibility index (Phi) is 5.21. The molecule has 1 aromatic heterocycles. The van der Waals surface area contributed by atoms with Crippen LogP contribution < -0.4 is 15.4 Å². The Labute approximate surface area is 183 Å². The van der Waals surface area contributed by atoms with Crippen molar-refractivity contribution in [3.8, 4) is 5.75 Å². The molecule has 4 rings (SSSR count). The zero-order valence-electron chi connectivity index (χ0n) is 18.6. The van der Waals surface area contributed by atoms with E-state index in [0.717, 1.165) is 23.2 Å². The van der Waals surface area contributed by atoms with E-state index in [1.54, 1.807) is 19.3 Å². The SMILES string of the molecule is CC(=O)N1c2cc(OCc3cccnc3)c(N)cc2C(C)(c2ccccc2)CC1(C)C. The molecule has 1 aliphatic rings. The van der Waals surface area contributed by atoms with E-state index >= 15 is 0 Å². The Bertz CT molecular complexity index is 1100. The van der Waals surface area contributed by atoms with Gasteiger partial charge in [0.25, 0.3) is 0 Å². The molecule has 1 aliphatic heterocycles. The normalized spacial score (nSPS) is 19.5. The quantitative estimate of drug-likeness (QED) is 0.603. The number of nitrogens with two attached hydrogens (primary N) is 1. The van der Waals surface area contributed by atoms with Crippen LogP contribution in [0.4, 0.5) is 11.4 Å². The van der Waals surface area contributed by atoms with Crippen molar-refractivity contribution in [1.29, 1.82) is 0 Å². The minimum atomic E-state index is -0.375. The minimum absolute atomic E-state index is 0.00402. The third kappa shape index (κ3) is 3.76. The molecule has 1 amide bonds. The first-order valence-corrected chi connectivity index (χ1v) is 10.5. The number of carbonyl (C=O) groups is 1. The minimum Gasteiger partial charge on any atom is -0.487 e. The van der Waals surface area contributed by atoms with Crippen molar-refractivity contribution in [2.24, 2.45) is 0 Å². The molecule has 0 saturated heterocycles. The van der Waals surface area contributed by atoms with Gasteiger partial charge in [-0.15, -0.1) is 0 Å². The molecule has 0 aliphatic carbocycles. The van der Waals surface area contributed by atoms with Crippen LogP contribution in [0.2, 0.25) is 0 Å². The summed E-state index contributed by atoms with van der Waals surface area (Å²) in [7, 11) is 0. The van der Waals surface area contributed by atoms with Crippen LogP contribution in [-0.2, 0) is 16.8 Å². The first-order valence-electron chi connectivity index (χ1n) is 10.5. The average molecular weight is 416 g/mol. The molecule has 160 valence electrons. The van der Waals surface area contributed by atoms with Crippen molar-refractivity contribution in [2.75, 3.05) is 10.6 Å². The molecule has 0 spiro atoms. The third-order valence-electron chi connectivity index (χ3n) is 6.20. The van der Waals surface area contributed by atoms with E-state index in [1.807, 2.05) is 35.2 Å². The van der Waals surface area contributed by atoms with Gasteiger partial charge in [0.2, 0.25) is 5.91 Å². The number of nitrogens with zero attached hydrogens (tertiary/aromatic N) is 2. The topological polar surface area (TPSA) is 68.5 Å². The van der Waals surface area contributed by atoms with E-state index in [-0.39, 0.29) is 16.9 Å². The monoisotopic (exact) mass is 415 g/mol. The second-order valence-corrected chi connectivity index (χ2v) is 9.10. The van der Waals surface area contributed by atoms with Crippen LogP contribution in [0.1, 0.15) is 50.8 Å². The third-order valence-corrected chi connectivity index (χ3v) is 6.20. The first kappa shape index (κ1) is 20.9. The molecular weight excluding hydrogens is 386 g/mol. The lowest BCUT2D eigenvalue weighted by molar-refractivity contribution is -0.117. The summed E-state index contributed by atoms with van der Waals surface area (Å²) in [5, 5.41) is 0. The van der Waals surface area contributed by atoms with Crippen molar-refractivity contribution >= 4 is 17.3 Å². The predicted octanol–water partition coefficient (Wildman–Crippen LogP) is 5.08. The summed E-state index contributed by atoms with van der Waals surface area (Å²) in [5.41, 5.74) is 10.4. The maximum atomic E-state index is 12.7. The number of benzene rings is 2. The number of hydrogen-bond acceptors (Lipinski definition) is 4. The number of fused-ring (bicyclic) bond motifs is 1. The number of anilines is 2. The summed E-state index contributed by atoms with van der Waals surface area (Å²) >= 11 is 0. The molecule has 1 atom stereocenters. The van der Waals surface area contributed by atoms with Gasteiger partial charge >= 0.3 is 0 Å². The van der Waals surface area contributed by atoms with Crippen molar-refractivity contribution < 1.29 is 9.53 Å². The second-order valence-electron chi connectivity index (χ2n) is 9.10. The largest absolute Gasteiger partial charge is 0.487 e. The summed E-state index contributed by atoms with van der Waals surface area (Å²) in [6.45, 7) is 8.44. The maximum absolute atomic E-state index is 12.7. The highest BCUT2D eigenvalue weighted by Crippen LogP contribution is 2.52. The highest BCUT2D eigenvalue weighted by molar-refractivity contribution is 5.96. The van der Waals surface area contributed by atoms with Crippen molar-refractivity contribution in [3.63, 3.8) is 0 Å². The Hall–Kier alpha value is -3.34. The van der Waals surface area contributed by atoms with Gasteiger partial charge in [0.05, 0.1) is 11.4 Å². The Morgan fingerprint density at radius 2 is 1.87 bits per heavy atom. The predicted molar refractivity (Wildman–Crippen MR) is 124 cm³/mol. The lowest BCUT2D eigenvalue weighted by Crippen LogP contribution is -2.55. The number of pyridine rings is 1. The second kappa shape index (κ2) is 7.73. The summed E-state index contributed by atoms with van der Waals surface area (Å²) in [6, 6.07) is 18.2. The molecule has 5 heteroatoms. The smallest absolute Gasteiger partial charge is 0.224 e. The van der Waals surface area contributed by atoms with Gasteiger partial charge in [0, 0.05) is 41.9 Å². The number of rotatable bonds is 4. The molecule has 1 unspecified atom stereocenters. The van der Waals surface area contributed by atoms with Crippen LogP contribution >= 0.6 is 0 Å². The van der Waals surface area contributed by atoms with E-state index in [1.165, 1.54) is 5.56 Å². The molecule has 2 N–H and O–H groups in total. The van der Waals surface area contributed by atoms with E-state index < -0.39 is 0 Å². The number of carbonyl (C=O) groups excluding carboxylic acids is 1. The van der Waals surface area contributed by atoms with Crippen LogP contribution in [-0.4, -0.2) is 16.4 Å². The molecule has 0 saturated carbocycles. The van der Waals surface area contributed by atoms with E-state index in [0.29, 0.717) is 18.0 Å². The van der Waals surface area contributed by atoms with E-state index in [2.05, 4.69) is 50.0 Å². The van der Waals surface area contributed by atoms with Crippen LogP contribution in [0, 0.1) is 0 Å². The van der Waals surface area contributed by atoms with Crippen molar-refractivity contribution in [2.45, 2.75) is 51.7 Å². The zero-order valence-corrected chi connectivity index (χ0v) is 18.6. The van der Waals surface area contributed by atoms with Gasteiger partial charge < -0.3 is 15.4 Å². The van der Waals surface area contributed by atoms with Gasteiger partial charge in [-0.3, -0.25) is 9.78 Å². The number of hydrogen-bond donors (Lipinski definition) is 1.